The smallest absolute Gasteiger partial charge is 0.331 e. The number of rotatable bonds is 1. The summed E-state index contributed by atoms with van der Waals surface area (Å²) in [7, 11) is -4.65. The number of hydrogen-bond donors (Lipinski definition) is 0. The fourth-order valence-electron chi connectivity index (χ4n) is 1.49. The molecule has 0 saturated heterocycles. The molecule has 0 amide bonds. The monoisotopic (exact) mass is 228 g/mol. The first-order valence-corrected chi connectivity index (χ1v) is 5.74. The molecule has 2 rings (SSSR count). The van der Waals surface area contributed by atoms with Crippen LogP contribution in [0.2, 0.25) is 0 Å². The molecule has 1 heterocycles. The minimum atomic E-state index is -4.65. The van der Waals surface area contributed by atoms with Crippen LogP contribution in [0.15, 0.2) is 23.1 Å². The van der Waals surface area contributed by atoms with Crippen molar-refractivity contribution >= 4 is 16.3 Å². The fourth-order valence-corrected chi connectivity index (χ4v) is 1.95. The zero-order valence-electron chi connectivity index (χ0n) is 8.03. The van der Waals surface area contributed by atoms with Crippen molar-refractivity contribution in [2.45, 2.75) is 6.92 Å². The van der Waals surface area contributed by atoms with Gasteiger partial charge in [0.05, 0.1) is 0 Å². The maximum atomic E-state index is 12.7. The lowest BCUT2D eigenvalue weighted by atomic mass is 10.1. The second-order valence-corrected chi connectivity index (χ2v) is 4.73. The van der Waals surface area contributed by atoms with Gasteiger partial charge in [0.25, 0.3) is 0 Å². The average Bonchev–Trinajstić information content (AvgIpc) is 2.16. The Morgan fingerprint density at radius 1 is 1.40 bits per heavy atom. The lowest BCUT2D eigenvalue weighted by Crippen LogP contribution is -2.12. The molecule has 3 nitrogen and oxygen atoms in total. The number of hydrogen-bond acceptors (Lipinski definition) is 3. The molecule has 1 aromatic rings. The average molecular weight is 228 g/mol. The molecular formula is C10H9FO3S. The first-order chi connectivity index (χ1) is 6.98. The van der Waals surface area contributed by atoms with Crippen molar-refractivity contribution in [3.05, 3.63) is 34.2 Å². The molecular weight excluding hydrogens is 219 g/mol. The van der Waals surface area contributed by atoms with E-state index >= 15 is 0 Å². The van der Waals surface area contributed by atoms with Crippen molar-refractivity contribution in [2.75, 3.05) is 6.61 Å². The first kappa shape index (κ1) is 10.2. The van der Waals surface area contributed by atoms with Gasteiger partial charge in [0, 0.05) is 5.56 Å². The normalized spacial score (nSPS) is 15.2. The van der Waals surface area contributed by atoms with Crippen LogP contribution in [0.4, 0.5) is 3.89 Å². The van der Waals surface area contributed by atoms with Gasteiger partial charge in [0.15, 0.2) is 0 Å². The molecule has 0 spiro atoms. The minimum Gasteiger partial charge on any atom is -0.487 e. The van der Waals surface area contributed by atoms with Crippen molar-refractivity contribution in [2.24, 2.45) is 0 Å². The Morgan fingerprint density at radius 3 is 2.80 bits per heavy atom. The highest BCUT2D eigenvalue weighted by atomic mass is 32.3. The summed E-state index contributed by atoms with van der Waals surface area (Å²) in [5.74, 6) is 0.616. The van der Waals surface area contributed by atoms with Crippen LogP contribution < -0.4 is 4.74 Å². The van der Waals surface area contributed by atoms with Gasteiger partial charge in [0.1, 0.15) is 17.3 Å². The van der Waals surface area contributed by atoms with Crippen LogP contribution in [0.3, 0.4) is 0 Å². The highest BCUT2D eigenvalue weighted by Gasteiger charge is 2.22. The molecule has 0 aromatic heterocycles. The van der Waals surface area contributed by atoms with E-state index < -0.39 is 10.2 Å². The third-order valence-corrected chi connectivity index (χ3v) is 3.09. The number of halogens is 1. The molecule has 1 aliphatic heterocycles. The van der Waals surface area contributed by atoms with Gasteiger partial charge < -0.3 is 4.74 Å². The Bertz CT molecular complexity index is 532. The lowest BCUT2D eigenvalue weighted by molar-refractivity contribution is 0.349. The molecule has 15 heavy (non-hydrogen) atoms. The molecule has 0 N–H and O–H groups in total. The molecule has 0 saturated carbocycles. The molecule has 1 aliphatic rings. The summed E-state index contributed by atoms with van der Waals surface area (Å²) in [6.07, 6.45) is 1.31. The molecule has 0 atom stereocenters. The van der Waals surface area contributed by atoms with E-state index in [4.69, 9.17) is 4.74 Å². The van der Waals surface area contributed by atoms with E-state index in [9.17, 15) is 12.3 Å². The molecule has 80 valence electrons. The summed E-state index contributed by atoms with van der Waals surface area (Å²) < 4.78 is 39.2. The second kappa shape index (κ2) is 3.34. The molecule has 1 aromatic carbocycles. The molecule has 0 unspecified atom stereocenters. The molecule has 0 bridgehead atoms. The van der Waals surface area contributed by atoms with E-state index in [2.05, 4.69) is 0 Å². The maximum Gasteiger partial charge on any atom is 0.331 e. The number of fused-ring (bicyclic) bond motifs is 1. The molecule has 0 fully saturated rings. The fraction of sp³-hybridized carbons (Fsp3) is 0.200. The third kappa shape index (κ3) is 1.87. The summed E-state index contributed by atoms with van der Waals surface area (Å²) in [4.78, 5) is -0.333. The van der Waals surface area contributed by atoms with Crippen molar-refractivity contribution in [1.29, 1.82) is 0 Å². The van der Waals surface area contributed by atoms with Crippen LogP contribution in [-0.2, 0) is 10.2 Å². The van der Waals surface area contributed by atoms with Crippen LogP contribution >= 0.6 is 0 Å². The Balaban J connectivity index is 2.56. The van der Waals surface area contributed by atoms with Crippen LogP contribution in [0, 0.1) is 6.92 Å². The van der Waals surface area contributed by atoms with Crippen LogP contribution in [0.5, 0.6) is 5.75 Å². The number of ether oxygens (including phenoxy) is 1. The quantitative estimate of drug-likeness (QED) is 0.691. The van der Waals surface area contributed by atoms with Gasteiger partial charge >= 0.3 is 10.2 Å². The van der Waals surface area contributed by atoms with Gasteiger partial charge in [-0.15, -0.1) is 3.89 Å². The Labute approximate surface area is 87.4 Å². The van der Waals surface area contributed by atoms with E-state index in [-0.39, 0.29) is 11.5 Å². The molecule has 0 radical (unpaired) electrons. The Morgan fingerprint density at radius 2 is 2.13 bits per heavy atom. The SMILES string of the molecule is Cc1cccc2c1OCC(S(=O)(=O)F)=C2. The number of benzene rings is 1. The summed E-state index contributed by atoms with van der Waals surface area (Å²) in [5.41, 5.74) is 1.50. The first-order valence-electron chi connectivity index (χ1n) is 4.36. The Hall–Kier alpha value is -1.36. The summed E-state index contributed by atoms with van der Waals surface area (Å²) in [5, 5.41) is 0. The predicted molar refractivity (Wildman–Crippen MR) is 54.7 cm³/mol. The van der Waals surface area contributed by atoms with Gasteiger partial charge in [-0.25, -0.2) is 0 Å². The topological polar surface area (TPSA) is 43.4 Å². The van der Waals surface area contributed by atoms with Crippen LogP contribution in [-0.4, -0.2) is 15.0 Å². The largest absolute Gasteiger partial charge is 0.487 e. The standard InChI is InChI=1S/C10H9FO3S/c1-7-3-2-4-8-5-9(15(11,12)13)6-14-10(7)8/h2-5H,6H2,1H3. The Kier molecular flexibility index (Phi) is 2.26. The van der Waals surface area contributed by atoms with Crippen molar-refractivity contribution < 1.29 is 17.0 Å². The second-order valence-electron chi connectivity index (χ2n) is 3.33. The minimum absolute atomic E-state index is 0.239. The zero-order chi connectivity index (χ0) is 11.1. The molecule has 0 aliphatic carbocycles. The maximum absolute atomic E-state index is 12.7. The van der Waals surface area contributed by atoms with Crippen molar-refractivity contribution in [3.8, 4) is 5.75 Å². The van der Waals surface area contributed by atoms with E-state index in [0.717, 1.165) is 5.56 Å². The van der Waals surface area contributed by atoms with Crippen LogP contribution in [0.25, 0.3) is 6.08 Å². The third-order valence-electron chi connectivity index (χ3n) is 2.23. The number of para-hydroxylation sites is 1. The van der Waals surface area contributed by atoms with Crippen molar-refractivity contribution in [1.82, 2.24) is 0 Å². The van der Waals surface area contributed by atoms with Gasteiger partial charge in [-0.3, -0.25) is 0 Å². The lowest BCUT2D eigenvalue weighted by Gasteiger charge is -2.17. The van der Waals surface area contributed by atoms with Gasteiger partial charge in [0.2, 0.25) is 0 Å². The van der Waals surface area contributed by atoms with E-state index in [1.165, 1.54) is 6.08 Å². The highest BCUT2D eigenvalue weighted by molar-refractivity contribution is 7.90. The van der Waals surface area contributed by atoms with Crippen molar-refractivity contribution in [3.63, 3.8) is 0 Å². The van der Waals surface area contributed by atoms with Crippen LogP contribution in [0.1, 0.15) is 11.1 Å². The summed E-state index contributed by atoms with van der Waals surface area (Å²) >= 11 is 0. The summed E-state index contributed by atoms with van der Waals surface area (Å²) in [6.45, 7) is 1.61. The highest BCUT2D eigenvalue weighted by Crippen LogP contribution is 2.31. The number of aryl methyl sites for hydroxylation is 1. The zero-order valence-corrected chi connectivity index (χ0v) is 8.84. The van der Waals surface area contributed by atoms with E-state index in [1.807, 2.05) is 13.0 Å². The predicted octanol–water partition coefficient (Wildman–Crippen LogP) is 2.03. The molecule has 5 heteroatoms. The van der Waals surface area contributed by atoms with Gasteiger partial charge in [-0.05, 0) is 18.6 Å². The van der Waals surface area contributed by atoms with Gasteiger partial charge in [-0.1, -0.05) is 18.2 Å². The van der Waals surface area contributed by atoms with E-state index in [1.54, 1.807) is 12.1 Å². The van der Waals surface area contributed by atoms with Gasteiger partial charge in [-0.2, -0.15) is 8.42 Å². The van der Waals surface area contributed by atoms with E-state index in [0.29, 0.717) is 11.3 Å². The summed E-state index contributed by atoms with van der Waals surface area (Å²) in [6, 6.07) is 5.30.